The summed E-state index contributed by atoms with van der Waals surface area (Å²) in [7, 11) is 1.92. The van der Waals surface area contributed by atoms with Crippen LogP contribution < -0.4 is 10.2 Å². The lowest BCUT2D eigenvalue weighted by atomic mass is 9.88. The molecule has 4 heteroatoms. The number of nitrogens with zero attached hydrogens (tertiary/aromatic N) is 1. The fraction of sp³-hybridized carbons (Fsp3) is 0.538. The first-order valence-electron chi connectivity index (χ1n) is 6.00. The average molecular weight is 255 g/mol. The van der Waals surface area contributed by atoms with E-state index in [9.17, 15) is 5.11 Å². The number of rotatable bonds is 3. The molecular weight excluding hydrogens is 236 g/mol. The van der Waals surface area contributed by atoms with Gasteiger partial charge in [-0.05, 0) is 32.0 Å². The van der Waals surface area contributed by atoms with Gasteiger partial charge in [-0.3, -0.25) is 0 Å². The van der Waals surface area contributed by atoms with Crippen LogP contribution in [0.4, 0.5) is 5.69 Å². The minimum atomic E-state index is -0.113. The number of nitrogens with one attached hydrogen (secondary N) is 1. The highest BCUT2D eigenvalue weighted by molar-refractivity contribution is 6.33. The lowest BCUT2D eigenvalue weighted by Gasteiger charge is -2.41. The predicted molar refractivity (Wildman–Crippen MR) is 71.8 cm³/mol. The quantitative estimate of drug-likeness (QED) is 0.865. The van der Waals surface area contributed by atoms with Crippen molar-refractivity contribution in [3.05, 3.63) is 29.3 Å². The van der Waals surface area contributed by atoms with Gasteiger partial charge in [-0.1, -0.05) is 23.7 Å². The Balaban J connectivity index is 2.07. The summed E-state index contributed by atoms with van der Waals surface area (Å²) in [6.07, 6.45) is 1.87. The highest BCUT2D eigenvalue weighted by atomic mass is 35.5. The minimum absolute atomic E-state index is 0.113. The number of hydrogen-bond acceptors (Lipinski definition) is 3. The second-order valence-corrected chi connectivity index (χ2v) is 5.03. The van der Waals surface area contributed by atoms with Gasteiger partial charge in [-0.25, -0.2) is 0 Å². The molecule has 0 bridgehead atoms. The number of likely N-dealkylation sites (N-methyl/N-ethyl adjacent to an activating group) is 1. The molecule has 0 spiro atoms. The summed E-state index contributed by atoms with van der Waals surface area (Å²) in [5.41, 5.74) is 0.981. The van der Waals surface area contributed by atoms with E-state index in [2.05, 4.69) is 10.2 Å². The van der Waals surface area contributed by atoms with Crippen molar-refractivity contribution in [1.29, 1.82) is 0 Å². The van der Waals surface area contributed by atoms with Crippen LogP contribution in [0, 0.1) is 0 Å². The number of halogens is 1. The molecule has 17 heavy (non-hydrogen) atoms. The van der Waals surface area contributed by atoms with E-state index in [0.29, 0.717) is 0 Å². The molecule has 0 unspecified atom stereocenters. The highest BCUT2D eigenvalue weighted by Gasteiger charge is 2.32. The summed E-state index contributed by atoms with van der Waals surface area (Å²) in [4.78, 5) is 2.29. The van der Waals surface area contributed by atoms with Gasteiger partial charge in [0.15, 0.2) is 0 Å². The maximum atomic E-state index is 9.45. The molecule has 2 rings (SSSR count). The first-order chi connectivity index (χ1) is 8.21. The molecular formula is C13H19ClN2O. The molecule has 2 N–H and O–H groups in total. The number of hydrogen-bond donors (Lipinski definition) is 2. The number of piperidine rings is 1. The van der Waals surface area contributed by atoms with Gasteiger partial charge in [0.05, 0.1) is 17.3 Å². The van der Waals surface area contributed by atoms with Crippen LogP contribution in [-0.2, 0) is 0 Å². The van der Waals surface area contributed by atoms with E-state index in [1.54, 1.807) is 0 Å². The largest absolute Gasteiger partial charge is 0.394 e. The Bertz CT molecular complexity index is 369. The molecule has 0 radical (unpaired) electrons. The second kappa shape index (κ2) is 5.25. The predicted octanol–water partition coefficient (Wildman–Crippen LogP) is 1.89. The molecule has 0 saturated carbocycles. The molecule has 1 heterocycles. The van der Waals surface area contributed by atoms with E-state index in [4.69, 9.17) is 11.6 Å². The first-order valence-corrected chi connectivity index (χ1v) is 6.38. The molecule has 94 valence electrons. The summed E-state index contributed by atoms with van der Waals surface area (Å²) >= 11 is 6.19. The van der Waals surface area contributed by atoms with Crippen LogP contribution in [0.25, 0.3) is 0 Å². The normalized spacial score (nSPS) is 19.4. The monoisotopic (exact) mass is 254 g/mol. The summed E-state index contributed by atoms with van der Waals surface area (Å²) in [6, 6.07) is 7.92. The van der Waals surface area contributed by atoms with E-state index in [-0.39, 0.29) is 12.1 Å². The van der Waals surface area contributed by atoms with E-state index < -0.39 is 0 Å². The Labute approximate surface area is 107 Å². The zero-order valence-electron chi connectivity index (χ0n) is 10.1. The number of aliphatic hydroxyl groups is 1. The van der Waals surface area contributed by atoms with E-state index >= 15 is 0 Å². The average Bonchev–Trinajstić information content (AvgIpc) is 2.40. The number of anilines is 1. The van der Waals surface area contributed by atoms with Gasteiger partial charge < -0.3 is 15.3 Å². The third kappa shape index (κ3) is 2.57. The van der Waals surface area contributed by atoms with Crippen LogP contribution >= 0.6 is 11.6 Å². The number of para-hydroxylation sites is 1. The van der Waals surface area contributed by atoms with Crippen molar-refractivity contribution in [2.24, 2.45) is 0 Å². The van der Waals surface area contributed by atoms with Gasteiger partial charge in [0.25, 0.3) is 0 Å². The van der Waals surface area contributed by atoms with Gasteiger partial charge in [0.2, 0.25) is 0 Å². The van der Waals surface area contributed by atoms with Gasteiger partial charge in [-0.2, -0.15) is 0 Å². The second-order valence-electron chi connectivity index (χ2n) is 4.63. The van der Waals surface area contributed by atoms with Gasteiger partial charge in [0.1, 0.15) is 0 Å². The fourth-order valence-electron chi connectivity index (χ4n) is 2.37. The highest BCUT2D eigenvalue weighted by Crippen LogP contribution is 2.30. The maximum Gasteiger partial charge on any atom is 0.0639 e. The summed E-state index contributed by atoms with van der Waals surface area (Å²) in [5, 5.41) is 13.5. The molecule has 0 aromatic heterocycles. The molecule has 1 aromatic rings. The summed E-state index contributed by atoms with van der Waals surface area (Å²) < 4.78 is 0. The number of benzene rings is 1. The maximum absolute atomic E-state index is 9.45. The Kier molecular flexibility index (Phi) is 3.92. The standard InChI is InChI=1S/C13H19ClN2O/c1-15-13(10-17)6-8-16(9-7-13)12-5-3-2-4-11(12)14/h2-5,15,17H,6-10H2,1H3. The van der Waals surface area contributed by atoms with Gasteiger partial charge >= 0.3 is 0 Å². The van der Waals surface area contributed by atoms with Crippen LogP contribution in [0.5, 0.6) is 0 Å². The van der Waals surface area contributed by atoms with Crippen molar-refractivity contribution in [2.45, 2.75) is 18.4 Å². The SMILES string of the molecule is CNC1(CO)CCN(c2ccccc2Cl)CC1. The van der Waals surface area contributed by atoms with E-state index in [0.717, 1.165) is 36.6 Å². The molecule has 1 aromatic carbocycles. The molecule has 1 aliphatic rings. The Hall–Kier alpha value is -0.770. The van der Waals surface area contributed by atoms with Crippen LogP contribution in [-0.4, -0.2) is 37.4 Å². The Morgan fingerprint density at radius 2 is 2.00 bits per heavy atom. The zero-order valence-corrected chi connectivity index (χ0v) is 10.9. The fourth-order valence-corrected chi connectivity index (χ4v) is 2.63. The van der Waals surface area contributed by atoms with Crippen LogP contribution in [0.15, 0.2) is 24.3 Å². The smallest absolute Gasteiger partial charge is 0.0639 e. The Morgan fingerprint density at radius 3 is 2.53 bits per heavy atom. The molecule has 0 atom stereocenters. The van der Waals surface area contributed by atoms with Crippen molar-refractivity contribution >= 4 is 17.3 Å². The van der Waals surface area contributed by atoms with Gasteiger partial charge in [0, 0.05) is 18.6 Å². The van der Waals surface area contributed by atoms with Gasteiger partial charge in [-0.15, -0.1) is 0 Å². The lowest BCUT2D eigenvalue weighted by Crippen LogP contribution is -2.54. The van der Waals surface area contributed by atoms with E-state index in [1.165, 1.54) is 0 Å². The van der Waals surface area contributed by atoms with Crippen molar-refractivity contribution in [3.8, 4) is 0 Å². The molecule has 0 amide bonds. The van der Waals surface area contributed by atoms with Crippen molar-refractivity contribution in [1.82, 2.24) is 5.32 Å². The van der Waals surface area contributed by atoms with Crippen molar-refractivity contribution in [2.75, 3.05) is 31.6 Å². The van der Waals surface area contributed by atoms with Crippen molar-refractivity contribution in [3.63, 3.8) is 0 Å². The molecule has 1 aliphatic heterocycles. The van der Waals surface area contributed by atoms with Crippen molar-refractivity contribution < 1.29 is 5.11 Å². The van der Waals surface area contributed by atoms with Crippen LogP contribution in [0.2, 0.25) is 5.02 Å². The molecule has 3 nitrogen and oxygen atoms in total. The number of aliphatic hydroxyl groups excluding tert-OH is 1. The molecule has 0 aliphatic carbocycles. The summed E-state index contributed by atoms with van der Waals surface area (Å²) in [6.45, 7) is 2.04. The summed E-state index contributed by atoms with van der Waals surface area (Å²) in [5.74, 6) is 0. The lowest BCUT2D eigenvalue weighted by molar-refractivity contribution is 0.142. The first kappa shape index (κ1) is 12.7. The third-order valence-corrected chi connectivity index (χ3v) is 4.07. The third-order valence-electron chi connectivity index (χ3n) is 3.75. The topological polar surface area (TPSA) is 35.5 Å². The van der Waals surface area contributed by atoms with Crippen LogP contribution in [0.1, 0.15) is 12.8 Å². The van der Waals surface area contributed by atoms with E-state index in [1.807, 2.05) is 31.3 Å². The minimum Gasteiger partial charge on any atom is -0.394 e. The molecule has 1 saturated heterocycles. The molecule has 1 fully saturated rings. The van der Waals surface area contributed by atoms with Crippen LogP contribution in [0.3, 0.4) is 0 Å². The Morgan fingerprint density at radius 1 is 1.35 bits per heavy atom. The zero-order chi connectivity index (χ0) is 12.3.